The summed E-state index contributed by atoms with van der Waals surface area (Å²) in [7, 11) is 0. The van der Waals surface area contributed by atoms with Crippen LogP contribution in [0.4, 0.5) is 13.2 Å². The first-order chi connectivity index (χ1) is 9.91. The molecule has 2 rings (SSSR count). The highest BCUT2D eigenvalue weighted by atomic mass is 19.4. The van der Waals surface area contributed by atoms with E-state index in [9.17, 15) is 18.0 Å². The Morgan fingerprint density at radius 2 is 2.00 bits per heavy atom. The topological polar surface area (TPSA) is 35.5 Å². The van der Waals surface area contributed by atoms with Crippen LogP contribution in [0.15, 0.2) is 30.3 Å². The van der Waals surface area contributed by atoms with Gasteiger partial charge in [-0.15, -0.1) is 0 Å². The normalized spacial score (nSPS) is 24.7. The van der Waals surface area contributed by atoms with Crippen LogP contribution in [-0.2, 0) is 20.9 Å². The van der Waals surface area contributed by atoms with Gasteiger partial charge in [-0.2, -0.15) is 13.2 Å². The molecule has 1 aromatic carbocycles. The Hall–Kier alpha value is -1.56. The van der Waals surface area contributed by atoms with Crippen LogP contribution < -0.4 is 0 Å². The number of alkyl halides is 3. The highest BCUT2D eigenvalue weighted by molar-refractivity contribution is 5.81. The van der Waals surface area contributed by atoms with E-state index in [1.54, 1.807) is 0 Å². The summed E-state index contributed by atoms with van der Waals surface area (Å²) >= 11 is 0. The van der Waals surface area contributed by atoms with Gasteiger partial charge in [0.05, 0.1) is 19.8 Å². The minimum Gasteiger partial charge on any atom is -0.465 e. The van der Waals surface area contributed by atoms with Gasteiger partial charge < -0.3 is 9.47 Å². The van der Waals surface area contributed by atoms with Crippen LogP contribution in [0.3, 0.4) is 0 Å². The Balaban J connectivity index is 1.91. The van der Waals surface area contributed by atoms with Crippen molar-refractivity contribution in [2.45, 2.75) is 26.1 Å². The predicted molar refractivity (Wildman–Crippen MR) is 69.3 cm³/mol. The first-order valence-corrected chi connectivity index (χ1v) is 6.77. The van der Waals surface area contributed by atoms with Crippen LogP contribution in [0, 0.1) is 11.3 Å². The van der Waals surface area contributed by atoms with E-state index in [1.807, 2.05) is 30.3 Å². The van der Waals surface area contributed by atoms with Crippen molar-refractivity contribution in [3.8, 4) is 0 Å². The van der Waals surface area contributed by atoms with Crippen molar-refractivity contribution in [2.75, 3.05) is 13.2 Å². The van der Waals surface area contributed by atoms with E-state index in [1.165, 1.54) is 6.92 Å². The van der Waals surface area contributed by atoms with Gasteiger partial charge in [-0.25, -0.2) is 0 Å². The second kappa shape index (κ2) is 6.05. The molecule has 1 aromatic rings. The fourth-order valence-corrected chi connectivity index (χ4v) is 2.40. The molecule has 1 aliphatic carbocycles. The fraction of sp³-hybridized carbons (Fsp3) is 0.533. The minimum atomic E-state index is -4.60. The third-order valence-corrected chi connectivity index (χ3v) is 3.68. The molecule has 3 nitrogen and oxygen atoms in total. The molecule has 116 valence electrons. The van der Waals surface area contributed by atoms with Gasteiger partial charge in [0.15, 0.2) is 5.41 Å². The summed E-state index contributed by atoms with van der Waals surface area (Å²) in [6.07, 6.45) is -4.86. The Kier molecular flexibility index (Phi) is 4.56. The van der Waals surface area contributed by atoms with Crippen molar-refractivity contribution in [1.29, 1.82) is 0 Å². The molecule has 1 unspecified atom stereocenters. The maximum Gasteiger partial charge on any atom is 0.405 e. The average Bonchev–Trinajstić information content (AvgIpc) is 3.16. The van der Waals surface area contributed by atoms with E-state index in [0.717, 1.165) is 5.56 Å². The van der Waals surface area contributed by atoms with Crippen molar-refractivity contribution < 1.29 is 27.4 Å². The van der Waals surface area contributed by atoms with Crippen molar-refractivity contribution in [3.63, 3.8) is 0 Å². The number of ether oxygens (including phenoxy) is 2. The van der Waals surface area contributed by atoms with Crippen LogP contribution in [-0.4, -0.2) is 25.4 Å². The number of benzene rings is 1. The third-order valence-electron chi connectivity index (χ3n) is 3.68. The van der Waals surface area contributed by atoms with Gasteiger partial charge in [0, 0.05) is 5.92 Å². The third kappa shape index (κ3) is 3.20. The Labute approximate surface area is 121 Å². The molecular weight excluding hydrogens is 285 g/mol. The van der Waals surface area contributed by atoms with Gasteiger partial charge in [0.2, 0.25) is 0 Å². The lowest BCUT2D eigenvalue weighted by atomic mass is 10.0. The molecule has 1 fully saturated rings. The molecule has 1 aliphatic rings. The molecule has 6 heteroatoms. The first kappa shape index (κ1) is 15.8. The van der Waals surface area contributed by atoms with E-state index in [2.05, 4.69) is 4.74 Å². The molecule has 0 N–H and O–H groups in total. The molecular formula is C15H17F3O3. The minimum absolute atomic E-state index is 0.0613. The van der Waals surface area contributed by atoms with E-state index in [4.69, 9.17) is 4.74 Å². The molecule has 21 heavy (non-hydrogen) atoms. The van der Waals surface area contributed by atoms with Crippen molar-refractivity contribution in [2.24, 2.45) is 11.3 Å². The molecule has 1 saturated carbocycles. The number of carbonyl (C=O) groups is 1. The maximum atomic E-state index is 13.1. The fourth-order valence-electron chi connectivity index (χ4n) is 2.40. The van der Waals surface area contributed by atoms with Crippen molar-refractivity contribution >= 4 is 5.97 Å². The Bertz CT molecular complexity index is 487. The molecule has 0 radical (unpaired) electrons. The van der Waals surface area contributed by atoms with Gasteiger partial charge in [0.1, 0.15) is 0 Å². The monoisotopic (exact) mass is 302 g/mol. The maximum absolute atomic E-state index is 13.1. The molecule has 0 aromatic heterocycles. The molecule has 0 aliphatic heterocycles. The largest absolute Gasteiger partial charge is 0.465 e. The summed E-state index contributed by atoms with van der Waals surface area (Å²) in [4.78, 5) is 11.6. The zero-order chi connectivity index (χ0) is 15.5. The Morgan fingerprint density at radius 3 is 2.57 bits per heavy atom. The van der Waals surface area contributed by atoms with E-state index < -0.39 is 23.5 Å². The van der Waals surface area contributed by atoms with Gasteiger partial charge in [-0.3, -0.25) is 4.79 Å². The van der Waals surface area contributed by atoms with Gasteiger partial charge in [-0.05, 0) is 18.9 Å². The molecule has 0 heterocycles. The molecule has 0 amide bonds. The van der Waals surface area contributed by atoms with Crippen LogP contribution in [0.1, 0.15) is 18.9 Å². The summed E-state index contributed by atoms with van der Waals surface area (Å²) in [6.45, 7) is 1.56. The van der Waals surface area contributed by atoms with Crippen molar-refractivity contribution in [3.05, 3.63) is 35.9 Å². The molecule has 0 bridgehead atoms. The van der Waals surface area contributed by atoms with Crippen molar-refractivity contribution in [1.82, 2.24) is 0 Å². The molecule has 2 atom stereocenters. The quantitative estimate of drug-likeness (QED) is 0.756. The summed E-state index contributed by atoms with van der Waals surface area (Å²) in [5.41, 5.74) is -1.49. The highest BCUT2D eigenvalue weighted by Crippen LogP contribution is 2.63. The SMILES string of the molecule is CCOC(=O)[C@]1(C(F)(F)F)CC1COCc1ccccc1. The van der Waals surface area contributed by atoms with Crippen LogP contribution in [0.25, 0.3) is 0 Å². The van der Waals surface area contributed by atoms with Crippen LogP contribution in [0.2, 0.25) is 0 Å². The number of esters is 1. The standard InChI is InChI=1S/C15H17F3O3/c1-2-21-13(19)14(15(16,17)18)8-12(14)10-20-9-11-6-4-3-5-7-11/h3-7,12H,2,8-10H2,1H3/t12?,14-/m0/s1. The summed E-state index contributed by atoms with van der Waals surface area (Å²) in [6, 6.07) is 9.16. The second-order valence-electron chi connectivity index (χ2n) is 5.09. The highest BCUT2D eigenvalue weighted by Gasteiger charge is 2.76. The smallest absolute Gasteiger partial charge is 0.405 e. The zero-order valence-electron chi connectivity index (χ0n) is 11.7. The number of carbonyl (C=O) groups excluding carboxylic acids is 1. The molecule has 0 spiro atoms. The zero-order valence-corrected chi connectivity index (χ0v) is 11.7. The molecule has 0 saturated heterocycles. The lowest BCUT2D eigenvalue weighted by Crippen LogP contribution is -2.37. The summed E-state index contributed by atoms with van der Waals surface area (Å²) < 4.78 is 49.2. The predicted octanol–water partition coefficient (Wildman–Crippen LogP) is 3.33. The lowest BCUT2D eigenvalue weighted by molar-refractivity contribution is -0.211. The van der Waals surface area contributed by atoms with Gasteiger partial charge in [-0.1, -0.05) is 30.3 Å². The van der Waals surface area contributed by atoms with Gasteiger partial charge >= 0.3 is 12.1 Å². The summed E-state index contributed by atoms with van der Waals surface area (Å²) in [5.74, 6) is -2.05. The Morgan fingerprint density at radius 1 is 1.33 bits per heavy atom. The summed E-state index contributed by atoms with van der Waals surface area (Å²) in [5, 5.41) is 0. The van der Waals surface area contributed by atoms with Crippen LogP contribution in [0.5, 0.6) is 0 Å². The number of rotatable bonds is 6. The number of hydrogen-bond donors (Lipinski definition) is 0. The number of halogens is 3. The average molecular weight is 302 g/mol. The lowest BCUT2D eigenvalue weighted by Gasteiger charge is -2.19. The van der Waals surface area contributed by atoms with Crippen LogP contribution >= 0.6 is 0 Å². The van der Waals surface area contributed by atoms with Gasteiger partial charge in [0.25, 0.3) is 0 Å². The van der Waals surface area contributed by atoms with E-state index in [-0.39, 0.29) is 26.2 Å². The second-order valence-corrected chi connectivity index (χ2v) is 5.09. The van der Waals surface area contributed by atoms with E-state index in [0.29, 0.717) is 0 Å². The number of hydrogen-bond acceptors (Lipinski definition) is 3. The van der Waals surface area contributed by atoms with E-state index >= 15 is 0 Å². The first-order valence-electron chi connectivity index (χ1n) is 6.77.